The number of Topliss-reactive ketones (excluding diaryl/α,β-unsaturated/α-hetero) is 1. The first-order chi connectivity index (χ1) is 12.3. The van der Waals surface area contributed by atoms with Crippen molar-refractivity contribution in [3.8, 4) is 17.1 Å². The Hall–Kier alpha value is -3.21. The van der Waals surface area contributed by atoms with Crippen LogP contribution in [0.15, 0.2) is 55.1 Å². The van der Waals surface area contributed by atoms with E-state index in [0.29, 0.717) is 6.42 Å². The predicted molar refractivity (Wildman–Crippen MR) is 95.9 cm³/mol. The fraction of sp³-hybridized carbons (Fsp3) is 0.150. The van der Waals surface area contributed by atoms with Gasteiger partial charge in [-0.1, -0.05) is 6.07 Å². The Morgan fingerprint density at radius 1 is 1.04 bits per heavy atom. The van der Waals surface area contributed by atoms with Crippen LogP contribution in [0, 0.1) is 0 Å². The monoisotopic (exact) mass is 328 g/mol. The number of hydrogen-bond donors (Lipinski definition) is 1. The zero-order valence-electron chi connectivity index (χ0n) is 13.6. The highest BCUT2D eigenvalue weighted by Gasteiger charge is 2.22. The van der Waals surface area contributed by atoms with Gasteiger partial charge in [0, 0.05) is 53.4 Å². The highest BCUT2D eigenvalue weighted by molar-refractivity contribution is 6.03. The summed E-state index contributed by atoms with van der Waals surface area (Å²) in [5, 5.41) is 1.15. The van der Waals surface area contributed by atoms with Crippen LogP contribution in [0.5, 0.6) is 0 Å². The van der Waals surface area contributed by atoms with Crippen LogP contribution in [0.1, 0.15) is 28.9 Å². The SMILES string of the molecule is O=C1CCCc2c1[nH]c1cc(-n3ccnc3-c3ccncc3)ccc21. The number of fused-ring (bicyclic) bond motifs is 3. The molecule has 0 atom stereocenters. The van der Waals surface area contributed by atoms with Crippen molar-refractivity contribution in [1.29, 1.82) is 0 Å². The summed E-state index contributed by atoms with van der Waals surface area (Å²) in [4.78, 5) is 24.0. The molecule has 0 spiro atoms. The second-order valence-electron chi connectivity index (χ2n) is 6.34. The van der Waals surface area contributed by atoms with Crippen molar-refractivity contribution >= 4 is 16.7 Å². The van der Waals surface area contributed by atoms with Crippen LogP contribution in [-0.4, -0.2) is 25.3 Å². The van der Waals surface area contributed by atoms with Crippen LogP contribution in [0.3, 0.4) is 0 Å². The summed E-state index contributed by atoms with van der Waals surface area (Å²) in [5.41, 5.74) is 4.99. The van der Waals surface area contributed by atoms with Crippen LogP contribution in [-0.2, 0) is 6.42 Å². The molecule has 0 saturated carbocycles. The van der Waals surface area contributed by atoms with Crippen LogP contribution in [0.25, 0.3) is 28.0 Å². The lowest BCUT2D eigenvalue weighted by Gasteiger charge is -2.10. The third-order valence-corrected chi connectivity index (χ3v) is 4.86. The number of H-pyrrole nitrogens is 1. The van der Waals surface area contributed by atoms with E-state index in [1.165, 1.54) is 0 Å². The van der Waals surface area contributed by atoms with E-state index < -0.39 is 0 Å². The summed E-state index contributed by atoms with van der Waals surface area (Å²) in [6.45, 7) is 0. The molecule has 3 aromatic heterocycles. The molecule has 1 N–H and O–H groups in total. The lowest BCUT2D eigenvalue weighted by Crippen LogP contribution is -2.09. The number of aromatic amines is 1. The van der Waals surface area contributed by atoms with Crippen LogP contribution in [0.2, 0.25) is 0 Å². The number of pyridine rings is 1. The predicted octanol–water partition coefficient (Wildman–Crippen LogP) is 3.93. The Morgan fingerprint density at radius 2 is 1.92 bits per heavy atom. The quantitative estimate of drug-likeness (QED) is 0.606. The van der Waals surface area contributed by atoms with Crippen molar-refractivity contribution in [1.82, 2.24) is 19.5 Å². The number of carbonyl (C=O) groups is 1. The molecule has 0 saturated heterocycles. The van der Waals surface area contributed by atoms with Crippen molar-refractivity contribution in [2.24, 2.45) is 0 Å². The molecule has 0 bridgehead atoms. The van der Waals surface area contributed by atoms with Gasteiger partial charge < -0.3 is 4.98 Å². The number of ketones is 1. The van der Waals surface area contributed by atoms with Gasteiger partial charge in [-0.05, 0) is 42.7 Å². The summed E-state index contributed by atoms with van der Waals surface area (Å²) >= 11 is 0. The molecule has 0 fully saturated rings. The normalized spacial score (nSPS) is 14.0. The van der Waals surface area contributed by atoms with E-state index in [9.17, 15) is 4.79 Å². The number of carbonyl (C=O) groups excluding carboxylic acids is 1. The third kappa shape index (κ3) is 2.20. The third-order valence-electron chi connectivity index (χ3n) is 4.86. The summed E-state index contributed by atoms with van der Waals surface area (Å²) in [6, 6.07) is 10.2. The number of aromatic nitrogens is 4. The first kappa shape index (κ1) is 14.2. The van der Waals surface area contributed by atoms with Gasteiger partial charge in [0.1, 0.15) is 5.82 Å². The van der Waals surface area contributed by atoms with Crippen molar-refractivity contribution in [2.75, 3.05) is 0 Å². The average Bonchev–Trinajstić information content (AvgIpc) is 3.27. The van der Waals surface area contributed by atoms with Gasteiger partial charge in [-0.2, -0.15) is 0 Å². The second-order valence-corrected chi connectivity index (χ2v) is 6.34. The van der Waals surface area contributed by atoms with Gasteiger partial charge in [-0.3, -0.25) is 14.3 Å². The molecule has 1 aromatic carbocycles. The number of nitrogens with one attached hydrogen (secondary N) is 1. The maximum Gasteiger partial charge on any atom is 0.179 e. The fourth-order valence-electron chi connectivity index (χ4n) is 3.67. The van der Waals surface area contributed by atoms with Crippen molar-refractivity contribution in [2.45, 2.75) is 19.3 Å². The molecule has 1 aliphatic carbocycles. The highest BCUT2D eigenvalue weighted by atomic mass is 16.1. The van der Waals surface area contributed by atoms with E-state index in [1.807, 2.05) is 18.3 Å². The number of aryl methyl sites for hydroxylation is 1. The van der Waals surface area contributed by atoms with E-state index in [1.54, 1.807) is 18.6 Å². The molecule has 3 heterocycles. The minimum Gasteiger partial charge on any atom is -0.352 e. The van der Waals surface area contributed by atoms with Crippen molar-refractivity contribution in [3.05, 3.63) is 66.4 Å². The van der Waals surface area contributed by atoms with Crippen molar-refractivity contribution < 1.29 is 4.79 Å². The van der Waals surface area contributed by atoms with Crippen LogP contribution in [0.4, 0.5) is 0 Å². The second kappa shape index (κ2) is 5.41. The number of benzene rings is 1. The number of nitrogens with zero attached hydrogens (tertiary/aromatic N) is 3. The number of rotatable bonds is 2. The van der Waals surface area contributed by atoms with E-state index in [-0.39, 0.29) is 5.78 Å². The van der Waals surface area contributed by atoms with Crippen LogP contribution >= 0.6 is 0 Å². The van der Waals surface area contributed by atoms with Gasteiger partial charge in [0.05, 0.1) is 5.69 Å². The molecule has 1 aliphatic rings. The van der Waals surface area contributed by atoms with Gasteiger partial charge in [-0.25, -0.2) is 4.98 Å². The molecule has 0 unspecified atom stereocenters. The minimum atomic E-state index is 0.221. The smallest absolute Gasteiger partial charge is 0.179 e. The molecule has 0 radical (unpaired) electrons. The van der Waals surface area contributed by atoms with E-state index in [0.717, 1.165) is 52.1 Å². The first-order valence-corrected chi connectivity index (χ1v) is 8.43. The summed E-state index contributed by atoms with van der Waals surface area (Å²) in [6.07, 6.45) is 9.82. The zero-order valence-corrected chi connectivity index (χ0v) is 13.6. The number of imidazole rings is 1. The summed E-state index contributed by atoms with van der Waals surface area (Å²) in [5.74, 6) is 1.09. The largest absolute Gasteiger partial charge is 0.352 e. The van der Waals surface area contributed by atoms with Crippen LogP contribution < -0.4 is 0 Å². The average molecular weight is 328 g/mol. The number of hydrogen-bond acceptors (Lipinski definition) is 3. The molecule has 0 aliphatic heterocycles. The Labute approximate surface area is 144 Å². The molecule has 4 aromatic rings. The first-order valence-electron chi connectivity index (χ1n) is 8.43. The Kier molecular flexibility index (Phi) is 3.06. The van der Waals surface area contributed by atoms with Crippen molar-refractivity contribution in [3.63, 3.8) is 0 Å². The van der Waals surface area contributed by atoms with E-state index in [2.05, 4.69) is 37.7 Å². The topological polar surface area (TPSA) is 63.6 Å². The molecule has 0 amide bonds. The van der Waals surface area contributed by atoms with Gasteiger partial charge in [0.2, 0.25) is 0 Å². The fourth-order valence-corrected chi connectivity index (χ4v) is 3.67. The Morgan fingerprint density at radius 3 is 2.80 bits per heavy atom. The lowest BCUT2D eigenvalue weighted by molar-refractivity contribution is 0.0968. The molecule has 5 nitrogen and oxygen atoms in total. The minimum absolute atomic E-state index is 0.221. The summed E-state index contributed by atoms with van der Waals surface area (Å²) in [7, 11) is 0. The van der Waals surface area contributed by atoms with Gasteiger partial charge in [-0.15, -0.1) is 0 Å². The molecule has 5 rings (SSSR count). The van der Waals surface area contributed by atoms with E-state index >= 15 is 0 Å². The maximum absolute atomic E-state index is 12.2. The molecule has 5 heteroatoms. The van der Waals surface area contributed by atoms with Gasteiger partial charge in [0.25, 0.3) is 0 Å². The molecular weight excluding hydrogens is 312 g/mol. The Bertz CT molecular complexity index is 1090. The Balaban J connectivity index is 1.66. The summed E-state index contributed by atoms with van der Waals surface area (Å²) < 4.78 is 2.05. The molecule has 25 heavy (non-hydrogen) atoms. The molecular formula is C20H16N4O. The van der Waals surface area contributed by atoms with E-state index in [4.69, 9.17) is 0 Å². The standard InChI is InChI=1S/C20H16N4O/c25-18-3-1-2-16-15-5-4-14(12-17(15)23-19(16)18)24-11-10-22-20(24)13-6-8-21-9-7-13/h4-12,23H,1-3H2. The zero-order chi connectivity index (χ0) is 16.8. The highest BCUT2D eigenvalue weighted by Crippen LogP contribution is 2.31. The van der Waals surface area contributed by atoms with Gasteiger partial charge in [0.15, 0.2) is 5.78 Å². The van der Waals surface area contributed by atoms with Gasteiger partial charge >= 0.3 is 0 Å². The lowest BCUT2D eigenvalue weighted by atomic mass is 9.95. The molecule has 122 valence electrons. The maximum atomic E-state index is 12.2.